The maximum absolute atomic E-state index is 6.27. The molecule has 3 atom stereocenters. The predicted molar refractivity (Wildman–Crippen MR) is 82.9 cm³/mol. The van der Waals surface area contributed by atoms with Crippen LogP contribution in [0.3, 0.4) is 0 Å². The first-order valence-corrected chi connectivity index (χ1v) is 8.60. The summed E-state index contributed by atoms with van der Waals surface area (Å²) in [6, 6.07) is 3.18. The molecule has 1 aliphatic heterocycles. The Labute approximate surface area is 124 Å². The molecule has 1 aliphatic carbocycles. The minimum Gasteiger partial charge on any atom is -0.327 e. The van der Waals surface area contributed by atoms with Gasteiger partial charge in [0.2, 0.25) is 0 Å². The van der Waals surface area contributed by atoms with E-state index < -0.39 is 0 Å². The van der Waals surface area contributed by atoms with Crippen LogP contribution >= 0.6 is 22.9 Å². The maximum Gasteiger partial charge on any atom is 0.0931 e. The molecule has 1 aromatic rings. The summed E-state index contributed by atoms with van der Waals surface area (Å²) in [7, 11) is 0. The normalized spacial score (nSPS) is 30.5. The molecule has 2 fully saturated rings. The lowest BCUT2D eigenvalue weighted by molar-refractivity contribution is 0.106. The molecule has 0 spiro atoms. The minimum absolute atomic E-state index is 0.342. The van der Waals surface area contributed by atoms with Gasteiger partial charge in [0, 0.05) is 25.2 Å². The Bertz CT molecular complexity index is 430. The van der Waals surface area contributed by atoms with Crippen LogP contribution in [0.4, 0.5) is 0 Å². The lowest BCUT2D eigenvalue weighted by atomic mass is 9.89. The topological polar surface area (TPSA) is 29.3 Å². The zero-order chi connectivity index (χ0) is 13.4. The van der Waals surface area contributed by atoms with Gasteiger partial charge in [-0.25, -0.2) is 0 Å². The number of halogens is 1. The summed E-state index contributed by atoms with van der Waals surface area (Å²) in [5, 5.41) is 2.19. The highest BCUT2D eigenvalue weighted by molar-refractivity contribution is 7.14. The molecule has 0 amide bonds. The molecule has 2 N–H and O–H groups in total. The van der Waals surface area contributed by atoms with E-state index in [1.54, 1.807) is 11.3 Å². The monoisotopic (exact) mass is 298 g/mol. The van der Waals surface area contributed by atoms with Crippen molar-refractivity contribution in [3.63, 3.8) is 0 Å². The molecule has 3 unspecified atom stereocenters. The van der Waals surface area contributed by atoms with E-state index in [-0.39, 0.29) is 0 Å². The van der Waals surface area contributed by atoms with E-state index in [0.29, 0.717) is 12.0 Å². The van der Waals surface area contributed by atoms with Crippen molar-refractivity contribution in [2.24, 2.45) is 17.6 Å². The van der Waals surface area contributed by atoms with Crippen LogP contribution in [0, 0.1) is 11.8 Å². The van der Waals surface area contributed by atoms with Gasteiger partial charge in [-0.3, -0.25) is 4.90 Å². The first kappa shape index (κ1) is 13.9. The molecule has 1 aromatic heterocycles. The average Bonchev–Trinajstić information content (AvgIpc) is 3.12. The average molecular weight is 299 g/mol. The fourth-order valence-electron chi connectivity index (χ4n) is 3.43. The smallest absolute Gasteiger partial charge is 0.0931 e. The highest BCUT2D eigenvalue weighted by Crippen LogP contribution is 2.37. The van der Waals surface area contributed by atoms with E-state index in [9.17, 15) is 0 Å². The summed E-state index contributed by atoms with van der Waals surface area (Å²) in [5.74, 6) is 1.62. The van der Waals surface area contributed by atoms with Crippen molar-refractivity contribution >= 4 is 22.9 Å². The van der Waals surface area contributed by atoms with Crippen molar-refractivity contribution in [2.45, 2.75) is 44.7 Å². The summed E-state index contributed by atoms with van der Waals surface area (Å²) in [6.07, 6.45) is 5.11. The standard InChI is InChI=1S/C15H23ClN2S/c1-10(13-2-3-13)18-7-11(5-14(17)8-18)4-12-6-15(16)19-9-12/h6,9-11,13-14H,2-5,7-8,17H2,1H3. The molecule has 4 heteroatoms. The fraction of sp³-hybridized carbons (Fsp3) is 0.733. The van der Waals surface area contributed by atoms with Gasteiger partial charge in [0.25, 0.3) is 0 Å². The largest absolute Gasteiger partial charge is 0.327 e. The Kier molecular flexibility index (Phi) is 4.18. The minimum atomic E-state index is 0.342. The number of likely N-dealkylation sites (tertiary alicyclic amines) is 1. The van der Waals surface area contributed by atoms with Crippen LogP contribution in [0.2, 0.25) is 4.34 Å². The Morgan fingerprint density at radius 1 is 1.47 bits per heavy atom. The number of thiophene rings is 1. The van der Waals surface area contributed by atoms with Crippen molar-refractivity contribution in [1.29, 1.82) is 0 Å². The van der Waals surface area contributed by atoms with Gasteiger partial charge in [-0.2, -0.15) is 0 Å². The van der Waals surface area contributed by atoms with Crippen LogP contribution in [-0.4, -0.2) is 30.1 Å². The van der Waals surface area contributed by atoms with Crippen LogP contribution in [0.1, 0.15) is 31.7 Å². The molecular weight excluding hydrogens is 276 g/mol. The molecule has 106 valence electrons. The molecule has 0 radical (unpaired) electrons. The molecule has 0 bridgehead atoms. The lowest BCUT2D eigenvalue weighted by Gasteiger charge is -2.40. The van der Waals surface area contributed by atoms with Crippen LogP contribution in [-0.2, 0) is 6.42 Å². The van der Waals surface area contributed by atoms with Gasteiger partial charge in [0.05, 0.1) is 4.34 Å². The van der Waals surface area contributed by atoms with Gasteiger partial charge < -0.3 is 5.73 Å². The molecule has 1 saturated carbocycles. The van der Waals surface area contributed by atoms with Crippen molar-refractivity contribution < 1.29 is 0 Å². The maximum atomic E-state index is 6.27. The number of piperidine rings is 1. The second kappa shape index (κ2) is 5.72. The SMILES string of the molecule is CC(C1CC1)N1CC(N)CC(Cc2csc(Cl)c2)C1. The Balaban J connectivity index is 1.61. The summed E-state index contributed by atoms with van der Waals surface area (Å²) in [5.41, 5.74) is 7.65. The van der Waals surface area contributed by atoms with Crippen LogP contribution in [0.25, 0.3) is 0 Å². The second-order valence-corrected chi connectivity index (χ2v) is 7.90. The van der Waals surface area contributed by atoms with Crippen molar-refractivity contribution in [2.75, 3.05) is 13.1 Å². The van der Waals surface area contributed by atoms with Crippen molar-refractivity contribution in [3.05, 3.63) is 21.3 Å². The highest BCUT2D eigenvalue weighted by Gasteiger charge is 2.35. The number of nitrogens with two attached hydrogens (primary N) is 1. The third-order valence-electron chi connectivity index (χ3n) is 4.62. The van der Waals surface area contributed by atoms with E-state index in [1.807, 2.05) is 0 Å². The first-order valence-electron chi connectivity index (χ1n) is 7.34. The summed E-state index contributed by atoms with van der Waals surface area (Å²) in [4.78, 5) is 2.63. The molecule has 2 aliphatic rings. The number of nitrogens with zero attached hydrogens (tertiary/aromatic N) is 1. The molecular formula is C15H23ClN2S. The Morgan fingerprint density at radius 2 is 2.26 bits per heavy atom. The van der Waals surface area contributed by atoms with Gasteiger partial charge in [0.1, 0.15) is 0 Å². The van der Waals surface area contributed by atoms with Crippen molar-refractivity contribution in [3.8, 4) is 0 Å². The van der Waals surface area contributed by atoms with E-state index in [4.69, 9.17) is 17.3 Å². The van der Waals surface area contributed by atoms with Crippen LogP contribution in [0.5, 0.6) is 0 Å². The van der Waals surface area contributed by atoms with E-state index in [1.165, 1.54) is 24.9 Å². The molecule has 2 nitrogen and oxygen atoms in total. The number of rotatable bonds is 4. The Morgan fingerprint density at radius 3 is 2.89 bits per heavy atom. The van der Waals surface area contributed by atoms with Gasteiger partial charge in [-0.15, -0.1) is 11.3 Å². The zero-order valence-corrected chi connectivity index (χ0v) is 13.1. The molecule has 1 saturated heterocycles. The molecule has 19 heavy (non-hydrogen) atoms. The Hall–Kier alpha value is -0.0900. The predicted octanol–water partition coefficient (Wildman–Crippen LogP) is 3.39. The third kappa shape index (κ3) is 3.52. The van der Waals surface area contributed by atoms with Crippen LogP contribution < -0.4 is 5.73 Å². The lowest BCUT2D eigenvalue weighted by Crippen LogP contribution is -2.51. The van der Waals surface area contributed by atoms with Crippen LogP contribution in [0.15, 0.2) is 11.4 Å². The molecule has 2 heterocycles. The summed E-state index contributed by atoms with van der Waals surface area (Å²) >= 11 is 7.66. The van der Waals surface area contributed by atoms with Gasteiger partial charge in [0.15, 0.2) is 0 Å². The first-order chi connectivity index (χ1) is 9.11. The molecule has 3 rings (SSSR count). The van der Waals surface area contributed by atoms with Gasteiger partial charge in [-0.1, -0.05) is 11.6 Å². The van der Waals surface area contributed by atoms with E-state index in [0.717, 1.165) is 35.7 Å². The second-order valence-electron chi connectivity index (χ2n) is 6.36. The van der Waals surface area contributed by atoms with Gasteiger partial charge >= 0.3 is 0 Å². The highest BCUT2D eigenvalue weighted by atomic mass is 35.5. The van der Waals surface area contributed by atoms with E-state index >= 15 is 0 Å². The van der Waals surface area contributed by atoms with Crippen molar-refractivity contribution in [1.82, 2.24) is 4.90 Å². The zero-order valence-electron chi connectivity index (χ0n) is 11.5. The fourth-order valence-corrected chi connectivity index (χ4v) is 4.35. The molecule has 0 aromatic carbocycles. The third-order valence-corrected chi connectivity index (χ3v) is 5.76. The quantitative estimate of drug-likeness (QED) is 0.923. The number of hydrogen-bond donors (Lipinski definition) is 1. The van der Waals surface area contributed by atoms with Gasteiger partial charge in [-0.05, 0) is 61.5 Å². The van der Waals surface area contributed by atoms with E-state index in [2.05, 4.69) is 23.3 Å². The number of hydrogen-bond acceptors (Lipinski definition) is 3. The summed E-state index contributed by atoms with van der Waals surface area (Å²) < 4.78 is 0.901. The summed E-state index contributed by atoms with van der Waals surface area (Å²) in [6.45, 7) is 4.67.